The second-order valence-electron chi connectivity index (χ2n) is 7.57. The second kappa shape index (κ2) is 10.9. The molecule has 0 radical (unpaired) electrons. The molecule has 3 heteroatoms. The highest BCUT2D eigenvalue weighted by molar-refractivity contribution is 5.76. The summed E-state index contributed by atoms with van der Waals surface area (Å²) in [6.07, 6.45) is 7.71. The first-order valence-electron chi connectivity index (χ1n) is 10.4. The van der Waals surface area contributed by atoms with Gasteiger partial charge in [0.2, 0.25) is 5.91 Å². The molecule has 0 spiro atoms. The molecule has 1 saturated carbocycles. The van der Waals surface area contributed by atoms with Crippen LogP contribution in [0.15, 0.2) is 60.7 Å². The summed E-state index contributed by atoms with van der Waals surface area (Å²) >= 11 is 0. The lowest BCUT2D eigenvalue weighted by Gasteiger charge is -2.22. The first kappa shape index (κ1) is 19.6. The molecule has 0 heterocycles. The van der Waals surface area contributed by atoms with Crippen molar-refractivity contribution in [2.75, 3.05) is 13.1 Å². The Hall–Kier alpha value is -2.13. The largest absolute Gasteiger partial charge is 0.353 e. The van der Waals surface area contributed by atoms with Gasteiger partial charge in [-0.2, -0.15) is 0 Å². The van der Waals surface area contributed by atoms with Gasteiger partial charge in [-0.05, 0) is 36.9 Å². The molecule has 2 aromatic carbocycles. The number of amides is 1. The fourth-order valence-electron chi connectivity index (χ4n) is 4.02. The Morgan fingerprint density at radius 2 is 1.44 bits per heavy atom. The number of carbonyl (C=O) groups excluding carboxylic acids is 1. The minimum atomic E-state index is 0.192. The van der Waals surface area contributed by atoms with E-state index in [0.29, 0.717) is 18.4 Å². The molecule has 0 aromatic heterocycles. The fourth-order valence-corrected chi connectivity index (χ4v) is 4.02. The number of benzene rings is 2. The number of hydrogen-bond acceptors (Lipinski definition) is 2. The first-order valence-corrected chi connectivity index (χ1v) is 10.4. The van der Waals surface area contributed by atoms with E-state index < -0.39 is 0 Å². The van der Waals surface area contributed by atoms with Gasteiger partial charge in [-0.15, -0.1) is 0 Å². The number of hydrogen-bond donors (Lipinski definition) is 2. The number of nitrogens with one attached hydrogen (secondary N) is 2. The van der Waals surface area contributed by atoms with Crippen LogP contribution >= 0.6 is 0 Å². The summed E-state index contributed by atoms with van der Waals surface area (Å²) in [5.74, 6) is 0.577. The normalized spacial score (nSPS) is 15.0. The summed E-state index contributed by atoms with van der Waals surface area (Å²) in [4.78, 5) is 12.1. The third-order valence-electron chi connectivity index (χ3n) is 5.51. The van der Waals surface area contributed by atoms with E-state index in [2.05, 4.69) is 71.3 Å². The third kappa shape index (κ3) is 6.51. The monoisotopic (exact) mass is 364 g/mol. The molecule has 3 nitrogen and oxygen atoms in total. The molecule has 3 rings (SSSR count). The van der Waals surface area contributed by atoms with Gasteiger partial charge in [-0.25, -0.2) is 0 Å². The summed E-state index contributed by atoms with van der Waals surface area (Å²) in [6, 6.07) is 21.8. The molecule has 27 heavy (non-hydrogen) atoms. The summed E-state index contributed by atoms with van der Waals surface area (Å²) in [5, 5.41) is 6.65. The standard InChI is InChI=1S/C24H32N2O/c27-24(26-22-14-8-3-9-15-22)17-19-25-18-16-23(20-10-4-1-5-11-20)21-12-6-2-7-13-21/h1-2,4-7,10-13,22-23,25H,3,8-9,14-19H2,(H,26,27). The van der Waals surface area contributed by atoms with Crippen LogP contribution in [0, 0.1) is 0 Å². The van der Waals surface area contributed by atoms with Gasteiger partial charge >= 0.3 is 0 Å². The minimum Gasteiger partial charge on any atom is -0.353 e. The van der Waals surface area contributed by atoms with Crippen LogP contribution in [0.5, 0.6) is 0 Å². The Balaban J connectivity index is 1.42. The minimum absolute atomic E-state index is 0.192. The molecule has 0 aliphatic heterocycles. The molecule has 0 bridgehead atoms. The van der Waals surface area contributed by atoms with Gasteiger partial charge in [0.25, 0.3) is 0 Å². The van der Waals surface area contributed by atoms with Crippen LogP contribution in [0.4, 0.5) is 0 Å². The molecule has 2 aromatic rings. The van der Waals surface area contributed by atoms with Crippen molar-refractivity contribution in [3.05, 3.63) is 71.8 Å². The van der Waals surface area contributed by atoms with Crippen LogP contribution in [0.2, 0.25) is 0 Å². The quantitative estimate of drug-likeness (QED) is 0.637. The molecule has 144 valence electrons. The zero-order chi connectivity index (χ0) is 18.7. The molecule has 0 atom stereocenters. The van der Waals surface area contributed by atoms with E-state index in [1.54, 1.807) is 0 Å². The van der Waals surface area contributed by atoms with Gasteiger partial charge in [0.05, 0.1) is 0 Å². The summed E-state index contributed by atoms with van der Waals surface area (Å²) in [5.41, 5.74) is 2.70. The van der Waals surface area contributed by atoms with Gasteiger partial charge < -0.3 is 10.6 Å². The Morgan fingerprint density at radius 3 is 2.04 bits per heavy atom. The van der Waals surface area contributed by atoms with Gasteiger partial charge in [-0.1, -0.05) is 79.9 Å². The van der Waals surface area contributed by atoms with Crippen LogP contribution < -0.4 is 10.6 Å². The molecular formula is C24H32N2O. The van der Waals surface area contributed by atoms with Crippen molar-refractivity contribution in [2.24, 2.45) is 0 Å². The highest BCUT2D eigenvalue weighted by atomic mass is 16.1. The van der Waals surface area contributed by atoms with Crippen LogP contribution in [-0.2, 0) is 4.79 Å². The topological polar surface area (TPSA) is 41.1 Å². The molecule has 1 amide bonds. The van der Waals surface area contributed by atoms with E-state index in [1.165, 1.54) is 30.4 Å². The molecule has 1 fully saturated rings. The fraction of sp³-hybridized carbons (Fsp3) is 0.458. The lowest BCUT2D eigenvalue weighted by molar-refractivity contribution is -0.121. The maximum Gasteiger partial charge on any atom is 0.221 e. The average molecular weight is 365 g/mol. The van der Waals surface area contributed by atoms with Crippen molar-refractivity contribution >= 4 is 5.91 Å². The zero-order valence-electron chi connectivity index (χ0n) is 16.2. The van der Waals surface area contributed by atoms with Crippen LogP contribution in [0.3, 0.4) is 0 Å². The zero-order valence-corrected chi connectivity index (χ0v) is 16.2. The van der Waals surface area contributed by atoms with Gasteiger partial charge in [0.1, 0.15) is 0 Å². The van der Waals surface area contributed by atoms with Crippen LogP contribution in [0.1, 0.15) is 62.0 Å². The van der Waals surface area contributed by atoms with E-state index in [1.807, 2.05) is 0 Å². The molecule has 1 aliphatic carbocycles. The lowest BCUT2D eigenvalue weighted by atomic mass is 9.88. The Labute approximate surface area is 163 Å². The Kier molecular flexibility index (Phi) is 7.91. The maximum absolute atomic E-state index is 12.1. The first-order chi connectivity index (χ1) is 13.3. The van der Waals surface area contributed by atoms with Crippen molar-refractivity contribution in [2.45, 2.75) is 56.9 Å². The molecule has 0 unspecified atom stereocenters. The second-order valence-corrected chi connectivity index (χ2v) is 7.57. The van der Waals surface area contributed by atoms with Gasteiger partial charge in [0, 0.05) is 24.9 Å². The van der Waals surface area contributed by atoms with Crippen molar-refractivity contribution in [3.8, 4) is 0 Å². The van der Waals surface area contributed by atoms with E-state index in [4.69, 9.17) is 0 Å². The number of carbonyl (C=O) groups is 1. The lowest BCUT2D eigenvalue weighted by Crippen LogP contribution is -2.37. The highest BCUT2D eigenvalue weighted by Crippen LogP contribution is 2.27. The summed E-state index contributed by atoms with van der Waals surface area (Å²) in [7, 11) is 0. The maximum atomic E-state index is 12.1. The SMILES string of the molecule is O=C(CCNCCC(c1ccccc1)c1ccccc1)NC1CCCCC1. The predicted molar refractivity (Wildman–Crippen MR) is 112 cm³/mol. The molecular weight excluding hydrogens is 332 g/mol. The Morgan fingerprint density at radius 1 is 0.852 bits per heavy atom. The predicted octanol–water partition coefficient (Wildman–Crippen LogP) is 4.64. The van der Waals surface area contributed by atoms with E-state index in [-0.39, 0.29) is 5.91 Å². The van der Waals surface area contributed by atoms with Crippen molar-refractivity contribution in [1.29, 1.82) is 0 Å². The van der Waals surface area contributed by atoms with E-state index in [9.17, 15) is 4.79 Å². The van der Waals surface area contributed by atoms with Crippen LogP contribution in [0.25, 0.3) is 0 Å². The number of rotatable bonds is 9. The van der Waals surface area contributed by atoms with Crippen LogP contribution in [-0.4, -0.2) is 25.0 Å². The van der Waals surface area contributed by atoms with Crippen molar-refractivity contribution in [1.82, 2.24) is 10.6 Å². The summed E-state index contributed by atoms with van der Waals surface area (Å²) < 4.78 is 0. The van der Waals surface area contributed by atoms with Gasteiger partial charge in [-0.3, -0.25) is 4.79 Å². The van der Waals surface area contributed by atoms with Crippen molar-refractivity contribution < 1.29 is 4.79 Å². The molecule has 2 N–H and O–H groups in total. The van der Waals surface area contributed by atoms with Crippen molar-refractivity contribution in [3.63, 3.8) is 0 Å². The van der Waals surface area contributed by atoms with E-state index >= 15 is 0 Å². The summed E-state index contributed by atoms with van der Waals surface area (Å²) in [6.45, 7) is 1.65. The molecule has 1 aliphatic rings. The van der Waals surface area contributed by atoms with Gasteiger partial charge in [0.15, 0.2) is 0 Å². The molecule has 0 saturated heterocycles. The Bertz CT molecular complexity index is 626. The smallest absolute Gasteiger partial charge is 0.221 e. The highest BCUT2D eigenvalue weighted by Gasteiger charge is 2.16. The third-order valence-corrected chi connectivity index (χ3v) is 5.51. The average Bonchev–Trinajstić information content (AvgIpc) is 2.73. The van der Waals surface area contributed by atoms with E-state index in [0.717, 1.165) is 32.4 Å².